The lowest BCUT2D eigenvalue weighted by molar-refractivity contribution is -0.921. The van der Waals surface area contributed by atoms with Crippen LogP contribution in [-0.4, -0.2) is 38.3 Å². The topological polar surface area (TPSA) is 52.0 Å². The molecule has 1 aliphatic heterocycles. The summed E-state index contributed by atoms with van der Waals surface area (Å²) in [7, 11) is 0. The van der Waals surface area contributed by atoms with Crippen molar-refractivity contribution in [3.63, 3.8) is 0 Å². The van der Waals surface area contributed by atoms with Gasteiger partial charge < -0.3 is 19.7 Å². The lowest BCUT2D eigenvalue weighted by atomic mass is 10.1. The van der Waals surface area contributed by atoms with Crippen LogP contribution in [0, 0.1) is 0 Å². The van der Waals surface area contributed by atoms with Crippen molar-refractivity contribution in [2.75, 3.05) is 31.6 Å². The van der Waals surface area contributed by atoms with Crippen molar-refractivity contribution in [2.24, 2.45) is 0 Å². The van der Waals surface area contributed by atoms with Gasteiger partial charge in [-0.05, 0) is 43.7 Å². The fourth-order valence-electron chi connectivity index (χ4n) is 3.06. The number of amides is 1. The van der Waals surface area contributed by atoms with Gasteiger partial charge in [-0.3, -0.25) is 4.79 Å². The minimum absolute atomic E-state index is 0.129. The Balaban J connectivity index is 1.58. The molecule has 0 bridgehead atoms. The number of morpholine rings is 1. The van der Waals surface area contributed by atoms with Crippen molar-refractivity contribution in [3.05, 3.63) is 59.7 Å². The Hall–Kier alpha value is -2.37. The zero-order valence-corrected chi connectivity index (χ0v) is 16.2. The Morgan fingerprint density at radius 2 is 1.93 bits per heavy atom. The molecule has 5 nitrogen and oxygen atoms in total. The summed E-state index contributed by atoms with van der Waals surface area (Å²) in [5.41, 5.74) is 2.67. The number of hydrogen-bond donors (Lipinski definition) is 2. The first-order valence-electron chi connectivity index (χ1n) is 9.72. The van der Waals surface area contributed by atoms with E-state index in [9.17, 15) is 4.79 Å². The van der Waals surface area contributed by atoms with Crippen LogP contribution < -0.4 is 15.0 Å². The lowest BCUT2D eigenvalue weighted by Gasteiger charge is -2.23. The van der Waals surface area contributed by atoms with Gasteiger partial charge in [-0.1, -0.05) is 25.1 Å². The fourth-order valence-corrected chi connectivity index (χ4v) is 3.06. The minimum Gasteiger partial charge on any atom is -0.491 e. The van der Waals surface area contributed by atoms with Crippen molar-refractivity contribution in [1.29, 1.82) is 0 Å². The molecule has 0 spiro atoms. The molecule has 0 unspecified atom stereocenters. The predicted molar refractivity (Wildman–Crippen MR) is 106 cm³/mol. The highest BCUT2D eigenvalue weighted by molar-refractivity contribution is 6.04. The molecule has 0 radical (unpaired) electrons. The van der Waals surface area contributed by atoms with Crippen LogP contribution in [-0.2, 0) is 11.3 Å². The van der Waals surface area contributed by atoms with E-state index in [2.05, 4.69) is 24.4 Å². The zero-order chi connectivity index (χ0) is 19.1. The Kier molecular flexibility index (Phi) is 6.85. The van der Waals surface area contributed by atoms with Crippen LogP contribution >= 0.6 is 0 Å². The first-order chi connectivity index (χ1) is 13.1. The van der Waals surface area contributed by atoms with Gasteiger partial charge in [-0.25, -0.2) is 0 Å². The highest BCUT2D eigenvalue weighted by Gasteiger charge is 2.14. The molecule has 5 heteroatoms. The number of nitrogens with one attached hydrogen (secondary N) is 2. The number of anilines is 1. The summed E-state index contributed by atoms with van der Waals surface area (Å²) in [5.74, 6) is 0.594. The molecule has 1 amide bonds. The summed E-state index contributed by atoms with van der Waals surface area (Å²) in [6.45, 7) is 8.86. The van der Waals surface area contributed by atoms with Crippen molar-refractivity contribution in [3.8, 4) is 5.75 Å². The van der Waals surface area contributed by atoms with Gasteiger partial charge in [0.15, 0.2) is 0 Å². The van der Waals surface area contributed by atoms with E-state index in [1.165, 1.54) is 10.5 Å². The summed E-state index contributed by atoms with van der Waals surface area (Å²) in [4.78, 5) is 14.1. The molecule has 1 aliphatic rings. The maximum Gasteiger partial charge on any atom is 0.255 e. The van der Waals surface area contributed by atoms with Crippen molar-refractivity contribution < 1.29 is 19.2 Å². The lowest BCUT2D eigenvalue weighted by Crippen LogP contribution is -3.12. The molecule has 1 atom stereocenters. The summed E-state index contributed by atoms with van der Waals surface area (Å²) in [5, 5.41) is 2.96. The zero-order valence-electron chi connectivity index (χ0n) is 16.2. The molecule has 0 aromatic heterocycles. The molecule has 3 rings (SSSR count). The molecule has 27 heavy (non-hydrogen) atoms. The van der Waals surface area contributed by atoms with Gasteiger partial charge in [-0.2, -0.15) is 0 Å². The van der Waals surface area contributed by atoms with E-state index in [0.29, 0.717) is 5.56 Å². The van der Waals surface area contributed by atoms with Crippen LogP contribution in [0.15, 0.2) is 48.5 Å². The maximum atomic E-state index is 12.5. The van der Waals surface area contributed by atoms with Crippen molar-refractivity contribution >= 4 is 11.6 Å². The summed E-state index contributed by atoms with van der Waals surface area (Å²) in [6.07, 6.45) is 1.05. The van der Waals surface area contributed by atoms with E-state index in [0.717, 1.165) is 50.7 Å². The van der Waals surface area contributed by atoms with Gasteiger partial charge in [0.2, 0.25) is 0 Å². The molecule has 144 valence electrons. The monoisotopic (exact) mass is 369 g/mol. The molecule has 2 aromatic rings. The second-order valence-electron chi connectivity index (χ2n) is 7.05. The number of ether oxygens (including phenoxy) is 2. The van der Waals surface area contributed by atoms with Gasteiger partial charge in [0.25, 0.3) is 5.91 Å². The van der Waals surface area contributed by atoms with E-state index in [1.54, 1.807) is 12.1 Å². The van der Waals surface area contributed by atoms with Crippen LogP contribution in [0.2, 0.25) is 0 Å². The standard InChI is InChI=1S/C22H28N2O3/c1-3-17(2)27-21-6-4-5-19(15-21)22(25)23-20-9-7-18(8-10-20)16-24-11-13-26-14-12-24/h4-10,15,17H,3,11-14,16H2,1-2H3,(H,23,25)/p+1/t17-/m0/s1. The molecule has 2 aromatic carbocycles. The predicted octanol–water partition coefficient (Wildman–Crippen LogP) is 2.53. The number of carbonyl (C=O) groups is 1. The summed E-state index contributed by atoms with van der Waals surface area (Å²) in [6, 6.07) is 15.4. The van der Waals surface area contributed by atoms with E-state index >= 15 is 0 Å². The number of quaternary nitrogens is 1. The highest BCUT2D eigenvalue weighted by Crippen LogP contribution is 2.17. The van der Waals surface area contributed by atoms with E-state index < -0.39 is 0 Å². The van der Waals surface area contributed by atoms with E-state index in [-0.39, 0.29) is 12.0 Å². The Morgan fingerprint density at radius 3 is 2.63 bits per heavy atom. The van der Waals surface area contributed by atoms with Gasteiger partial charge in [0.05, 0.1) is 19.3 Å². The third-order valence-electron chi connectivity index (χ3n) is 4.87. The third kappa shape index (κ3) is 5.81. The molecule has 1 heterocycles. The van der Waals surface area contributed by atoms with Gasteiger partial charge >= 0.3 is 0 Å². The second-order valence-corrected chi connectivity index (χ2v) is 7.05. The van der Waals surface area contributed by atoms with Crippen LogP contribution in [0.25, 0.3) is 0 Å². The molecular formula is C22H29N2O3+. The van der Waals surface area contributed by atoms with Crippen LogP contribution in [0.1, 0.15) is 36.2 Å². The van der Waals surface area contributed by atoms with Crippen molar-refractivity contribution in [2.45, 2.75) is 32.9 Å². The SMILES string of the molecule is CC[C@H](C)Oc1cccc(C(=O)Nc2ccc(C[NH+]3CCOCC3)cc2)c1. The molecule has 0 saturated carbocycles. The first kappa shape index (κ1) is 19.4. The molecule has 1 saturated heterocycles. The molecular weight excluding hydrogens is 340 g/mol. The average molecular weight is 369 g/mol. The first-order valence-corrected chi connectivity index (χ1v) is 9.72. The van der Waals surface area contributed by atoms with Gasteiger partial charge in [0.1, 0.15) is 25.4 Å². The van der Waals surface area contributed by atoms with Gasteiger partial charge in [0, 0.05) is 16.8 Å². The second kappa shape index (κ2) is 9.53. The van der Waals surface area contributed by atoms with Gasteiger partial charge in [-0.15, -0.1) is 0 Å². The fraction of sp³-hybridized carbons (Fsp3) is 0.409. The Morgan fingerprint density at radius 1 is 1.19 bits per heavy atom. The number of benzene rings is 2. The average Bonchev–Trinajstić information content (AvgIpc) is 2.70. The largest absolute Gasteiger partial charge is 0.491 e. The number of hydrogen-bond acceptors (Lipinski definition) is 3. The van der Waals surface area contributed by atoms with Crippen molar-refractivity contribution in [1.82, 2.24) is 0 Å². The van der Waals surface area contributed by atoms with Crippen LogP contribution in [0.3, 0.4) is 0 Å². The third-order valence-corrected chi connectivity index (χ3v) is 4.87. The number of rotatable bonds is 7. The molecule has 1 fully saturated rings. The molecule has 0 aliphatic carbocycles. The summed E-state index contributed by atoms with van der Waals surface area (Å²) >= 11 is 0. The number of carbonyl (C=O) groups excluding carboxylic acids is 1. The Bertz CT molecular complexity index is 739. The minimum atomic E-state index is -0.129. The van der Waals surface area contributed by atoms with E-state index in [1.807, 2.05) is 31.2 Å². The van der Waals surface area contributed by atoms with Crippen LogP contribution in [0.4, 0.5) is 5.69 Å². The molecule has 2 N–H and O–H groups in total. The smallest absolute Gasteiger partial charge is 0.255 e. The summed E-state index contributed by atoms with van der Waals surface area (Å²) < 4.78 is 11.2. The normalized spacial score (nSPS) is 15.9. The Labute approximate surface area is 161 Å². The quantitative estimate of drug-likeness (QED) is 0.789. The maximum absolute atomic E-state index is 12.5. The highest BCUT2D eigenvalue weighted by atomic mass is 16.5. The van der Waals surface area contributed by atoms with Crippen LogP contribution in [0.5, 0.6) is 5.75 Å². The van der Waals surface area contributed by atoms with E-state index in [4.69, 9.17) is 9.47 Å².